The Balaban J connectivity index is 2.67. The van der Waals surface area contributed by atoms with Crippen molar-refractivity contribution in [3.05, 3.63) is 0 Å². The molecule has 1 rings (SSSR count). The molecule has 0 saturated heterocycles. The first-order chi connectivity index (χ1) is 9.30. The molecule has 0 bridgehead atoms. The smallest absolute Gasteiger partial charge is 0.347 e. The minimum Gasteiger partial charge on any atom is -0.478 e. The van der Waals surface area contributed by atoms with Crippen LogP contribution in [-0.4, -0.2) is 45.6 Å². The molecular formula is C14H24O6. The third-order valence-corrected chi connectivity index (χ3v) is 4.01. The van der Waals surface area contributed by atoms with E-state index < -0.39 is 35.7 Å². The van der Waals surface area contributed by atoms with E-state index in [1.807, 2.05) is 0 Å². The monoisotopic (exact) mass is 288 g/mol. The van der Waals surface area contributed by atoms with Crippen molar-refractivity contribution < 1.29 is 29.6 Å². The summed E-state index contributed by atoms with van der Waals surface area (Å²) < 4.78 is 5.01. The number of carbonyl (C=O) groups is 2. The van der Waals surface area contributed by atoms with Crippen LogP contribution in [0.4, 0.5) is 0 Å². The van der Waals surface area contributed by atoms with Crippen molar-refractivity contribution in [3.63, 3.8) is 0 Å². The molecule has 0 unspecified atom stereocenters. The van der Waals surface area contributed by atoms with Crippen LogP contribution in [-0.2, 0) is 14.3 Å². The minimum atomic E-state index is -1.62. The van der Waals surface area contributed by atoms with Gasteiger partial charge in [-0.2, -0.15) is 0 Å². The quantitative estimate of drug-likeness (QED) is 0.606. The number of carboxylic acid groups (broad SMARTS) is 1. The van der Waals surface area contributed by atoms with Crippen LogP contribution >= 0.6 is 0 Å². The summed E-state index contributed by atoms with van der Waals surface area (Å²) >= 11 is 0. The number of aliphatic carboxylic acids is 1. The average Bonchev–Trinajstić information content (AvgIpc) is 2.83. The number of rotatable bonds is 7. The van der Waals surface area contributed by atoms with E-state index in [1.165, 1.54) is 0 Å². The Labute approximate surface area is 118 Å². The maximum atomic E-state index is 12.1. The summed E-state index contributed by atoms with van der Waals surface area (Å²) in [6.45, 7) is 3.48. The van der Waals surface area contributed by atoms with Gasteiger partial charge in [0.2, 0.25) is 6.10 Å². The summed E-state index contributed by atoms with van der Waals surface area (Å²) in [5.74, 6) is -1.97. The Morgan fingerprint density at radius 1 is 1.25 bits per heavy atom. The first-order valence-electron chi connectivity index (χ1n) is 7.10. The Kier molecular flexibility index (Phi) is 5.95. The number of carboxylic acids is 1. The normalized spacial score (nSPS) is 22.0. The molecule has 0 heterocycles. The lowest BCUT2D eigenvalue weighted by molar-refractivity contribution is -0.179. The number of hydrogen-bond donors (Lipinski definition) is 3. The van der Waals surface area contributed by atoms with Gasteiger partial charge in [0, 0.05) is 6.42 Å². The molecule has 1 saturated carbocycles. The number of aliphatic hydroxyl groups is 2. The van der Waals surface area contributed by atoms with E-state index >= 15 is 0 Å². The standard InChI is InChI=1S/C14H24O6/c1-3-9(15)8-10(16)11(12(17)18)20-13(19)14(2)6-4-5-7-14/h9-11,15-16H,3-8H2,1-2H3,(H,17,18)/t9-,10-,11+/m1/s1. The van der Waals surface area contributed by atoms with Crippen LogP contribution in [0.1, 0.15) is 52.4 Å². The first kappa shape index (κ1) is 16.9. The van der Waals surface area contributed by atoms with Gasteiger partial charge in [-0.1, -0.05) is 19.8 Å². The van der Waals surface area contributed by atoms with Crippen LogP contribution in [0.3, 0.4) is 0 Å². The summed E-state index contributed by atoms with van der Waals surface area (Å²) in [6, 6.07) is 0. The number of esters is 1. The van der Waals surface area contributed by atoms with Crippen molar-refractivity contribution >= 4 is 11.9 Å². The highest BCUT2D eigenvalue weighted by atomic mass is 16.6. The van der Waals surface area contributed by atoms with Crippen molar-refractivity contribution in [1.29, 1.82) is 0 Å². The predicted molar refractivity (Wildman–Crippen MR) is 71.0 cm³/mol. The Morgan fingerprint density at radius 2 is 1.80 bits per heavy atom. The average molecular weight is 288 g/mol. The topological polar surface area (TPSA) is 104 Å². The summed E-state index contributed by atoms with van der Waals surface area (Å²) in [5.41, 5.74) is -0.656. The molecule has 0 radical (unpaired) electrons. The lowest BCUT2D eigenvalue weighted by atomic mass is 9.89. The number of carbonyl (C=O) groups excluding carboxylic acids is 1. The van der Waals surface area contributed by atoms with Crippen LogP contribution in [0.25, 0.3) is 0 Å². The molecule has 1 aliphatic rings. The lowest BCUT2D eigenvalue weighted by Crippen LogP contribution is -2.43. The van der Waals surface area contributed by atoms with Gasteiger partial charge in [0.25, 0.3) is 0 Å². The van der Waals surface area contributed by atoms with E-state index in [0.717, 1.165) is 12.8 Å². The van der Waals surface area contributed by atoms with Gasteiger partial charge in [-0.05, 0) is 26.2 Å². The second kappa shape index (κ2) is 7.04. The fraction of sp³-hybridized carbons (Fsp3) is 0.857. The Morgan fingerprint density at radius 3 is 2.25 bits per heavy atom. The second-order valence-electron chi connectivity index (χ2n) is 5.80. The first-order valence-corrected chi connectivity index (χ1v) is 7.10. The maximum Gasteiger partial charge on any atom is 0.347 e. The van der Waals surface area contributed by atoms with Crippen molar-refractivity contribution in [2.45, 2.75) is 70.7 Å². The molecule has 0 aromatic carbocycles. The fourth-order valence-electron chi connectivity index (χ4n) is 2.48. The molecule has 0 aromatic rings. The van der Waals surface area contributed by atoms with Crippen LogP contribution in [0, 0.1) is 5.41 Å². The molecular weight excluding hydrogens is 264 g/mol. The van der Waals surface area contributed by atoms with Gasteiger partial charge in [-0.25, -0.2) is 4.79 Å². The predicted octanol–water partition coefficient (Wildman–Crippen LogP) is 1.08. The third-order valence-electron chi connectivity index (χ3n) is 4.01. The highest BCUT2D eigenvalue weighted by Gasteiger charge is 2.41. The van der Waals surface area contributed by atoms with Crippen LogP contribution in [0.2, 0.25) is 0 Å². The van der Waals surface area contributed by atoms with Gasteiger partial charge in [0.1, 0.15) is 6.10 Å². The molecule has 0 aromatic heterocycles. The molecule has 6 nitrogen and oxygen atoms in total. The second-order valence-corrected chi connectivity index (χ2v) is 5.80. The molecule has 1 fully saturated rings. The summed E-state index contributed by atoms with van der Waals surface area (Å²) in [4.78, 5) is 23.2. The SMILES string of the molecule is CC[C@@H](O)C[C@@H](O)[C@H](OC(=O)C1(C)CCCC1)C(=O)O. The van der Waals surface area contributed by atoms with Gasteiger partial charge >= 0.3 is 11.9 Å². The van der Waals surface area contributed by atoms with Gasteiger partial charge in [-0.15, -0.1) is 0 Å². The van der Waals surface area contributed by atoms with E-state index in [1.54, 1.807) is 13.8 Å². The molecule has 3 atom stereocenters. The molecule has 3 N–H and O–H groups in total. The van der Waals surface area contributed by atoms with E-state index in [0.29, 0.717) is 19.3 Å². The van der Waals surface area contributed by atoms with E-state index in [4.69, 9.17) is 9.84 Å². The Bertz CT molecular complexity index is 348. The summed E-state index contributed by atoms with van der Waals surface area (Å²) in [5, 5.41) is 28.4. The highest BCUT2D eigenvalue weighted by molar-refractivity contribution is 5.81. The fourth-order valence-corrected chi connectivity index (χ4v) is 2.48. The zero-order valence-electron chi connectivity index (χ0n) is 12.0. The van der Waals surface area contributed by atoms with Gasteiger partial charge in [0.15, 0.2) is 0 Å². The molecule has 20 heavy (non-hydrogen) atoms. The van der Waals surface area contributed by atoms with Gasteiger partial charge in [-0.3, -0.25) is 4.79 Å². The zero-order valence-corrected chi connectivity index (χ0v) is 12.0. The number of hydrogen-bond acceptors (Lipinski definition) is 5. The zero-order chi connectivity index (χ0) is 15.3. The molecule has 0 spiro atoms. The molecule has 6 heteroatoms. The Hall–Kier alpha value is -1.14. The van der Waals surface area contributed by atoms with Crippen molar-refractivity contribution in [3.8, 4) is 0 Å². The van der Waals surface area contributed by atoms with E-state index in [9.17, 15) is 19.8 Å². The molecule has 0 amide bonds. The molecule has 1 aliphatic carbocycles. The van der Waals surface area contributed by atoms with Crippen molar-refractivity contribution in [1.82, 2.24) is 0 Å². The molecule has 116 valence electrons. The van der Waals surface area contributed by atoms with Crippen LogP contribution < -0.4 is 0 Å². The van der Waals surface area contributed by atoms with Gasteiger partial charge < -0.3 is 20.1 Å². The number of aliphatic hydroxyl groups excluding tert-OH is 2. The largest absolute Gasteiger partial charge is 0.478 e. The summed E-state index contributed by atoms with van der Waals surface area (Å²) in [6.07, 6.45) is -0.393. The third kappa shape index (κ3) is 4.18. The maximum absolute atomic E-state index is 12.1. The summed E-state index contributed by atoms with van der Waals surface area (Å²) in [7, 11) is 0. The van der Waals surface area contributed by atoms with Gasteiger partial charge in [0.05, 0.1) is 11.5 Å². The van der Waals surface area contributed by atoms with E-state index in [-0.39, 0.29) is 6.42 Å². The minimum absolute atomic E-state index is 0.128. The lowest BCUT2D eigenvalue weighted by Gasteiger charge is -2.26. The van der Waals surface area contributed by atoms with Crippen LogP contribution in [0.5, 0.6) is 0 Å². The van der Waals surface area contributed by atoms with Crippen LogP contribution in [0.15, 0.2) is 0 Å². The number of ether oxygens (including phenoxy) is 1. The van der Waals surface area contributed by atoms with Crippen molar-refractivity contribution in [2.75, 3.05) is 0 Å². The highest BCUT2D eigenvalue weighted by Crippen LogP contribution is 2.39. The van der Waals surface area contributed by atoms with Crippen molar-refractivity contribution in [2.24, 2.45) is 5.41 Å². The molecule has 0 aliphatic heterocycles. The van der Waals surface area contributed by atoms with E-state index in [2.05, 4.69) is 0 Å².